The Kier molecular flexibility index (Phi) is 17.4. The molecule has 0 atom stereocenters. The number of ketones is 1. The zero-order valence-electron chi connectivity index (χ0n) is 15.0. The average Bonchev–Trinajstić information content (AvgIpc) is 2.54. The second-order valence-electron chi connectivity index (χ2n) is 5.48. The Morgan fingerprint density at radius 3 is 1.48 bits per heavy atom. The van der Waals surface area contributed by atoms with Gasteiger partial charge >= 0.3 is 0 Å². The summed E-state index contributed by atoms with van der Waals surface area (Å²) in [6.07, 6.45) is 2.25. The van der Waals surface area contributed by atoms with Crippen LogP contribution in [-0.2, 0) is 28.5 Å². The molecule has 0 aromatic carbocycles. The molecule has 138 valence electrons. The van der Waals surface area contributed by atoms with E-state index >= 15 is 0 Å². The Hall–Kier alpha value is -0.530. The van der Waals surface area contributed by atoms with Crippen molar-refractivity contribution < 1.29 is 28.5 Å². The van der Waals surface area contributed by atoms with Crippen molar-refractivity contribution in [3.8, 4) is 0 Å². The van der Waals surface area contributed by atoms with E-state index < -0.39 is 0 Å². The maximum absolute atomic E-state index is 11.3. The van der Waals surface area contributed by atoms with Crippen LogP contribution in [0.1, 0.15) is 33.6 Å². The van der Waals surface area contributed by atoms with Crippen LogP contribution in [0.4, 0.5) is 0 Å². The first kappa shape index (κ1) is 22.5. The van der Waals surface area contributed by atoms with Gasteiger partial charge in [0.25, 0.3) is 0 Å². The fourth-order valence-electron chi connectivity index (χ4n) is 1.47. The molecule has 0 amide bonds. The molecule has 0 fully saturated rings. The largest absolute Gasteiger partial charge is 0.379 e. The number of carbonyl (C=O) groups is 1. The van der Waals surface area contributed by atoms with E-state index in [2.05, 4.69) is 6.92 Å². The molecule has 0 saturated heterocycles. The topological polar surface area (TPSA) is 63.2 Å². The molecule has 0 rings (SSSR count). The third-order valence-corrected chi connectivity index (χ3v) is 3.02. The lowest BCUT2D eigenvalue weighted by Gasteiger charge is -2.08. The van der Waals surface area contributed by atoms with Gasteiger partial charge in [0.15, 0.2) is 5.78 Å². The van der Waals surface area contributed by atoms with Crippen LogP contribution in [0.3, 0.4) is 0 Å². The molecule has 0 aliphatic rings. The van der Waals surface area contributed by atoms with Crippen LogP contribution in [-0.4, -0.2) is 71.9 Å². The normalized spacial score (nSPS) is 11.3. The molecular weight excluding hydrogens is 300 g/mol. The van der Waals surface area contributed by atoms with Crippen molar-refractivity contribution in [1.29, 1.82) is 0 Å². The fraction of sp³-hybridized carbons (Fsp3) is 0.941. The van der Waals surface area contributed by atoms with Crippen LogP contribution in [0, 0.1) is 5.92 Å². The first-order valence-corrected chi connectivity index (χ1v) is 8.59. The quantitative estimate of drug-likeness (QED) is 0.358. The van der Waals surface area contributed by atoms with E-state index in [0.717, 1.165) is 19.4 Å². The highest BCUT2D eigenvalue weighted by Crippen LogP contribution is 1.94. The summed E-state index contributed by atoms with van der Waals surface area (Å²) in [6, 6.07) is 0. The van der Waals surface area contributed by atoms with Crippen LogP contribution in [0.15, 0.2) is 0 Å². The van der Waals surface area contributed by atoms with Gasteiger partial charge in [-0.05, 0) is 6.42 Å². The zero-order chi connectivity index (χ0) is 17.2. The highest BCUT2D eigenvalue weighted by atomic mass is 16.6. The summed E-state index contributed by atoms with van der Waals surface area (Å²) in [5, 5.41) is 0. The van der Waals surface area contributed by atoms with Crippen LogP contribution in [0.5, 0.6) is 0 Å². The molecule has 0 aromatic rings. The standard InChI is InChI=1S/C17H34O6/c1-4-5-6-19-7-8-20-9-10-21-11-12-22-13-14-23-15-17(18)16(2)3/h16H,4-15H2,1-3H3. The van der Waals surface area contributed by atoms with Crippen molar-refractivity contribution in [3.63, 3.8) is 0 Å². The summed E-state index contributed by atoms with van der Waals surface area (Å²) >= 11 is 0. The van der Waals surface area contributed by atoms with Crippen molar-refractivity contribution in [2.24, 2.45) is 5.92 Å². The first-order valence-electron chi connectivity index (χ1n) is 8.59. The summed E-state index contributed by atoms with van der Waals surface area (Å²) in [5.41, 5.74) is 0. The zero-order valence-corrected chi connectivity index (χ0v) is 15.0. The van der Waals surface area contributed by atoms with Gasteiger partial charge in [0.1, 0.15) is 6.61 Å². The van der Waals surface area contributed by atoms with Gasteiger partial charge in [0.2, 0.25) is 0 Å². The number of unbranched alkanes of at least 4 members (excludes halogenated alkanes) is 1. The maximum atomic E-state index is 11.3. The van der Waals surface area contributed by atoms with Crippen molar-refractivity contribution in [1.82, 2.24) is 0 Å². The lowest BCUT2D eigenvalue weighted by molar-refractivity contribution is -0.127. The summed E-state index contributed by atoms with van der Waals surface area (Å²) in [7, 11) is 0. The van der Waals surface area contributed by atoms with E-state index in [0.29, 0.717) is 52.9 Å². The first-order chi connectivity index (χ1) is 11.2. The minimum atomic E-state index is 0.0226. The predicted octanol–water partition coefficient (Wildman–Crippen LogP) is 2.09. The van der Waals surface area contributed by atoms with Gasteiger partial charge in [-0.25, -0.2) is 0 Å². The molecule has 0 radical (unpaired) electrons. The molecule has 6 heteroatoms. The summed E-state index contributed by atoms with van der Waals surface area (Å²) in [5.74, 6) is 0.138. The smallest absolute Gasteiger partial charge is 0.160 e. The predicted molar refractivity (Wildman–Crippen MR) is 88.8 cm³/mol. The van der Waals surface area contributed by atoms with Crippen LogP contribution < -0.4 is 0 Å². The SMILES string of the molecule is CCCCOCCOCCOCCOCCOCC(=O)C(C)C. The second kappa shape index (κ2) is 17.8. The van der Waals surface area contributed by atoms with Crippen LogP contribution in [0.25, 0.3) is 0 Å². The van der Waals surface area contributed by atoms with Gasteiger partial charge in [-0.15, -0.1) is 0 Å². The monoisotopic (exact) mass is 334 g/mol. The molecule has 0 aliphatic carbocycles. The number of Topliss-reactive ketones (excluding diaryl/α,β-unsaturated/α-hetero) is 1. The highest BCUT2D eigenvalue weighted by molar-refractivity contribution is 5.81. The van der Waals surface area contributed by atoms with Crippen molar-refractivity contribution in [2.75, 3.05) is 66.1 Å². The van der Waals surface area contributed by atoms with Crippen LogP contribution >= 0.6 is 0 Å². The van der Waals surface area contributed by atoms with Gasteiger partial charge in [0.05, 0.1) is 52.9 Å². The molecule has 0 N–H and O–H groups in total. The Balaban J connectivity index is 3.04. The van der Waals surface area contributed by atoms with E-state index in [9.17, 15) is 4.79 Å². The van der Waals surface area contributed by atoms with Crippen LogP contribution in [0.2, 0.25) is 0 Å². The van der Waals surface area contributed by atoms with E-state index in [4.69, 9.17) is 23.7 Å². The Labute approximate surface area is 140 Å². The Morgan fingerprint density at radius 1 is 0.696 bits per heavy atom. The number of carbonyl (C=O) groups excluding carboxylic acids is 1. The number of hydrogen-bond acceptors (Lipinski definition) is 6. The van der Waals surface area contributed by atoms with E-state index in [-0.39, 0.29) is 18.3 Å². The van der Waals surface area contributed by atoms with E-state index in [1.54, 1.807) is 0 Å². The maximum Gasteiger partial charge on any atom is 0.160 e. The van der Waals surface area contributed by atoms with Gasteiger partial charge in [-0.2, -0.15) is 0 Å². The molecule has 0 aliphatic heterocycles. The van der Waals surface area contributed by atoms with Crippen molar-refractivity contribution in [3.05, 3.63) is 0 Å². The molecule has 23 heavy (non-hydrogen) atoms. The third kappa shape index (κ3) is 17.7. The Morgan fingerprint density at radius 2 is 1.09 bits per heavy atom. The number of rotatable bonds is 18. The molecule has 0 unspecified atom stereocenters. The second-order valence-corrected chi connectivity index (χ2v) is 5.48. The molecular formula is C17H34O6. The fourth-order valence-corrected chi connectivity index (χ4v) is 1.47. The summed E-state index contributed by atoms with van der Waals surface area (Å²) in [4.78, 5) is 11.3. The van der Waals surface area contributed by atoms with Gasteiger partial charge in [-0.3, -0.25) is 4.79 Å². The third-order valence-electron chi connectivity index (χ3n) is 3.02. The van der Waals surface area contributed by atoms with E-state index in [1.165, 1.54) is 0 Å². The number of hydrogen-bond donors (Lipinski definition) is 0. The molecule has 0 heterocycles. The van der Waals surface area contributed by atoms with Gasteiger partial charge in [-0.1, -0.05) is 27.2 Å². The minimum absolute atomic E-state index is 0.0226. The van der Waals surface area contributed by atoms with Crippen molar-refractivity contribution >= 4 is 5.78 Å². The van der Waals surface area contributed by atoms with Gasteiger partial charge < -0.3 is 23.7 Å². The highest BCUT2D eigenvalue weighted by Gasteiger charge is 2.06. The molecule has 0 saturated carbocycles. The summed E-state index contributed by atoms with van der Waals surface area (Å²) in [6.45, 7) is 11.2. The van der Waals surface area contributed by atoms with Gasteiger partial charge in [0, 0.05) is 12.5 Å². The van der Waals surface area contributed by atoms with Crippen molar-refractivity contribution in [2.45, 2.75) is 33.6 Å². The lowest BCUT2D eigenvalue weighted by atomic mass is 10.1. The molecule has 6 nitrogen and oxygen atoms in total. The molecule has 0 bridgehead atoms. The Bertz CT molecular complexity index is 257. The molecule has 0 spiro atoms. The van der Waals surface area contributed by atoms with E-state index in [1.807, 2.05) is 13.8 Å². The summed E-state index contributed by atoms with van der Waals surface area (Å²) < 4.78 is 26.7. The average molecular weight is 334 g/mol. The molecule has 0 aromatic heterocycles. The minimum Gasteiger partial charge on any atom is -0.379 e. The number of ether oxygens (including phenoxy) is 5. The lowest BCUT2D eigenvalue weighted by Crippen LogP contribution is -2.17.